The summed E-state index contributed by atoms with van der Waals surface area (Å²) in [6.07, 6.45) is 0. The topological polar surface area (TPSA) is 50.4 Å². The van der Waals surface area contributed by atoms with Gasteiger partial charge in [-0.3, -0.25) is 4.79 Å². The van der Waals surface area contributed by atoms with Gasteiger partial charge in [0.2, 0.25) is 0 Å². The van der Waals surface area contributed by atoms with Gasteiger partial charge in [-0.2, -0.15) is 0 Å². The van der Waals surface area contributed by atoms with Crippen molar-refractivity contribution >= 4 is 11.0 Å². The molecule has 0 atom stereocenters. The van der Waals surface area contributed by atoms with Crippen molar-refractivity contribution in [2.24, 2.45) is 0 Å². The summed E-state index contributed by atoms with van der Waals surface area (Å²) in [5.41, 5.74) is 3.84. The van der Waals surface area contributed by atoms with E-state index in [-0.39, 0.29) is 16.6 Å². The summed E-state index contributed by atoms with van der Waals surface area (Å²) in [7, 11) is 0. The Morgan fingerprint density at radius 2 is 1.56 bits per heavy atom. The smallest absolute Gasteiger partial charge is 0.197 e. The van der Waals surface area contributed by atoms with Gasteiger partial charge in [0.1, 0.15) is 22.5 Å². The standard InChI is InChI=1S/C22H16O3/c1-14-6-5-9-16(10-14)17-11-18(23)22-19(24)13-20(25-21(22)12-17)15-7-3-2-4-8-15/h2-13,23H,1H3. The zero-order valence-corrected chi connectivity index (χ0v) is 13.7. The minimum absolute atomic E-state index is 0.0673. The predicted octanol–water partition coefficient (Wildman–Crippen LogP) is 5.14. The lowest BCUT2D eigenvalue weighted by Gasteiger charge is -2.08. The van der Waals surface area contributed by atoms with Gasteiger partial charge in [-0.25, -0.2) is 0 Å². The van der Waals surface area contributed by atoms with Crippen molar-refractivity contribution in [1.29, 1.82) is 0 Å². The molecule has 25 heavy (non-hydrogen) atoms. The Bertz CT molecular complexity index is 1130. The molecule has 0 fully saturated rings. The van der Waals surface area contributed by atoms with Crippen LogP contribution in [0.25, 0.3) is 33.4 Å². The third kappa shape index (κ3) is 2.81. The Hall–Kier alpha value is -3.33. The maximum atomic E-state index is 12.5. The average Bonchev–Trinajstić information content (AvgIpc) is 2.61. The molecule has 0 spiro atoms. The molecule has 4 rings (SSSR count). The first-order chi connectivity index (χ1) is 12.1. The number of benzene rings is 3. The highest BCUT2D eigenvalue weighted by molar-refractivity contribution is 5.89. The number of fused-ring (bicyclic) bond motifs is 1. The fourth-order valence-electron chi connectivity index (χ4n) is 3.00. The van der Waals surface area contributed by atoms with Crippen molar-refractivity contribution in [3.63, 3.8) is 0 Å². The highest BCUT2D eigenvalue weighted by atomic mass is 16.3. The number of phenols is 1. The lowest BCUT2D eigenvalue weighted by atomic mass is 10.0. The molecule has 0 bridgehead atoms. The molecule has 3 aromatic carbocycles. The quantitative estimate of drug-likeness (QED) is 0.554. The molecule has 0 aliphatic rings. The maximum absolute atomic E-state index is 12.5. The van der Waals surface area contributed by atoms with Gasteiger partial charge in [-0.15, -0.1) is 0 Å². The molecule has 1 heterocycles. The number of aryl methyl sites for hydroxylation is 1. The molecular formula is C22H16O3. The molecule has 4 aromatic rings. The van der Waals surface area contributed by atoms with E-state index < -0.39 is 0 Å². The maximum Gasteiger partial charge on any atom is 0.197 e. The van der Waals surface area contributed by atoms with Crippen molar-refractivity contribution in [2.75, 3.05) is 0 Å². The Kier molecular flexibility index (Phi) is 3.62. The van der Waals surface area contributed by atoms with Crippen LogP contribution in [0.4, 0.5) is 0 Å². The summed E-state index contributed by atoms with van der Waals surface area (Å²) in [5, 5.41) is 10.6. The van der Waals surface area contributed by atoms with Crippen LogP contribution in [0, 0.1) is 6.92 Å². The predicted molar refractivity (Wildman–Crippen MR) is 99.8 cm³/mol. The number of phenolic OH excluding ortho intramolecular Hbond substituents is 1. The van der Waals surface area contributed by atoms with E-state index in [1.54, 1.807) is 12.1 Å². The van der Waals surface area contributed by atoms with E-state index in [2.05, 4.69) is 0 Å². The molecule has 0 aliphatic carbocycles. The summed E-state index contributed by atoms with van der Waals surface area (Å²) in [6.45, 7) is 2.01. The first kappa shape index (κ1) is 15.2. The average molecular weight is 328 g/mol. The van der Waals surface area contributed by atoms with Crippen molar-refractivity contribution in [2.45, 2.75) is 6.92 Å². The van der Waals surface area contributed by atoms with E-state index in [9.17, 15) is 9.90 Å². The lowest BCUT2D eigenvalue weighted by Crippen LogP contribution is -2.01. The van der Waals surface area contributed by atoms with Gasteiger partial charge in [-0.05, 0) is 30.2 Å². The van der Waals surface area contributed by atoms with Crippen LogP contribution in [0.15, 0.2) is 82.0 Å². The van der Waals surface area contributed by atoms with Crippen LogP contribution >= 0.6 is 0 Å². The zero-order valence-electron chi connectivity index (χ0n) is 13.7. The van der Waals surface area contributed by atoms with Crippen LogP contribution in [-0.4, -0.2) is 5.11 Å². The fourth-order valence-corrected chi connectivity index (χ4v) is 3.00. The third-order valence-electron chi connectivity index (χ3n) is 4.22. The van der Waals surface area contributed by atoms with Crippen molar-refractivity contribution < 1.29 is 9.52 Å². The van der Waals surface area contributed by atoms with E-state index in [4.69, 9.17) is 4.42 Å². The number of hydrogen-bond acceptors (Lipinski definition) is 3. The number of aromatic hydroxyl groups is 1. The van der Waals surface area contributed by atoms with Gasteiger partial charge in [0.05, 0.1) is 0 Å². The Labute approximate surface area is 144 Å². The van der Waals surface area contributed by atoms with Crippen LogP contribution in [0.3, 0.4) is 0 Å². The molecule has 1 N–H and O–H groups in total. The Morgan fingerprint density at radius 3 is 2.32 bits per heavy atom. The summed E-state index contributed by atoms with van der Waals surface area (Å²) < 4.78 is 5.94. The molecule has 122 valence electrons. The van der Waals surface area contributed by atoms with Crippen molar-refractivity contribution in [3.8, 4) is 28.2 Å². The summed E-state index contributed by atoms with van der Waals surface area (Å²) >= 11 is 0. The first-order valence-corrected chi connectivity index (χ1v) is 8.05. The van der Waals surface area contributed by atoms with Crippen LogP contribution in [0.2, 0.25) is 0 Å². The fraction of sp³-hybridized carbons (Fsp3) is 0.0455. The van der Waals surface area contributed by atoms with Gasteiger partial charge in [0, 0.05) is 11.6 Å². The van der Waals surface area contributed by atoms with E-state index in [0.29, 0.717) is 11.3 Å². The minimum atomic E-state index is -0.256. The molecule has 0 radical (unpaired) electrons. The molecule has 0 saturated carbocycles. The van der Waals surface area contributed by atoms with Crippen LogP contribution in [-0.2, 0) is 0 Å². The number of hydrogen-bond donors (Lipinski definition) is 1. The second-order valence-corrected chi connectivity index (χ2v) is 6.08. The second-order valence-electron chi connectivity index (χ2n) is 6.08. The van der Waals surface area contributed by atoms with E-state index in [1.807, 2.05) is 61.5 Å². The van der Waals surface area contributed by atoms with Gasteiger partial charge in [0.15, 0.2) is 5.43 Å². The Balaban J connectivity index is 1.97. The summed E-state index contributed by atoms with van der Waals surface area (Å²) in [4.78, 5) is 12.5. The minimum Gasteiger partial charge on any atom is -0.507 e. The highest BCUT2D eigenvalue weighted by Gasteiger charge is 2.13. The number of rotatable bonds is 2. The zero-order chi connectivity index (χ0) is 17.4. The largest absolute Gasteiger partial charge is 0.507 e. The normalized spacial score (nSPS) is 10.9. The highest BCUT2D eigenvalue weighted by Crippen LogP contribution is 2.32. The second kappa shape index (κ2) is 5.95. The van der Waals surface area contributed by atoms with E-state index in [0.717, 1.165) is 22.3 Å². The molecule has 0 aliphatic heterocycles. The summed E-state index contributed by atoms with van der Waals surface area (Å²) in [5.74, 6) is 0.418. The molecular weight excluding hydrogens is 312 g/mol. The van der Waals surface area contributed by atoms with Crippen LogP contribution in [0.5, 0.6) is 5.75 Å². The van der Waals surface area contributed by atoms with Crippen molar-refractivity contribution in [3.05, 3.63) is 88.6 Å². The third-order valence-corrected chi connectivity index (χ3v) is 4.22. The lowest BCUT2D eigenvalue weighted by molar-refractivity contribution is 0.480. The van der Waals surface area contributed by atoms with Crippen LogP contribution < -0.4 is 5.43 Å². The molecule has 0 saturated heterocycles. The van der Waals surface area contributed by atoms with E-state index in [1.165, 1.54) is 6.07 Å². The summed E-state index contributed by atoms with van der Waals surface area (Å²) in [6, 6.07) is 22.2. The SMILES string of the molecule is Cc1cccc(-c2cc(O)c3c(=O)cc(-c4ccccc4)oc3c2)c1. The van der Waals surface area contributed by atoms with Gasteiger partial charge >= 0.3 is 0 Å². The molecule has 3 heteroatoms. The van der Waals surface area contributed by atoms with E-state index >= 15 is 0 Å². The van der Waals surface area contributed by atoms with Gasteiger partial charge < -0.3 is 9.52 Å². The molecule has 1 aromatic heterocycles. The molecule has 3 nitrogen and oxygen atoms in total. The van der Waals surface area contributed by atoms with Crippen molar-refractivity contribution in [1.82, 2.24) is 0 Å². The molecule has 0 unspecified atom stereocenters. The molecule has 0 amide bonds. The monoisotopic (exact) mass is 328 g/mol. The first-order valence-electron chi connectivity index (χ1n) is 8.05. The Morgan fingerprint density at radius 1 is 0.800 bits per heavy atom. The van der Waals surface area contributed by atoms with Crippen LogP contribution in [0.1, 0.15) is 5.56 Å². The van der Waals surface area contributed by atoms with Gasteiger partial charge in [-0.1, -0.05) is 60.2 Å². The van der Waals surface area contributed by atoms with Gasteiger partial charge in [0.25, 0.3) is 0 Å².